The highest BCUT2D eigenvalue weighted by molar-refractivity contribution is 6.60. The van der Waals surface area contributed by atoms with Gasteiger partial charge in [0.1, 0.15) is 0 Å². The number of allylic oxidation sites excluding steroid dienone is 2. The maximum atomic E-state index is 9.20. The fourth-order valence-corrected chi connectivity index (χ4v) is 5.21. The summed E-state index contributed by atoms with van der Waals surface area (Å²) in [6, 6.07) is 0.799. The van der Waals surface area contributed by atoms with Crippen molar-refractivity contribution in [3.63, 3.8) is 0 Å². The molecule has 1 fully saturated rings. The first kappa shape index (κ1) is 18.6. The topological polar surface area (TPSA) is 47.9 Å². The molecule has 0 radical (unpaired) electrons. The number of rotatable bonds is 9. The molecule has 0 aromatic rings. The number of hydrogen-bond donors (Lipinski definition) is 1. The molecule has 21 heavy (non-hydrogen) atoms. The average molecular weight is 314 g/mol. The third-order valence-corrected chi connectivity index (χ3v) is 6.57. The minimum absolute atomic E-state index is 0.0104. The third-order valence-electron chi connectivity index (χ3n) is 3.63. The Labute approximate surface area is 130 Å². The van der Waals surface area contributed by atoms with Crippen LogP contribution in [-0.2, 0) is 13.3 Å². The summed E-state index contributed by atoms with van der Waals surface area (Å²) in [5.74, 6) is 0.404. The molecule has 1 atom stereocenters. The largest absolute Gasteiger partial charge is 0.501 e. The van der Waals surface area contributed by atoms with Crippen molar-refractivity contribution in [1.29, 1.82) is 0 Å². The Morgan fingerprint density at radius 2 is 1.95 bits per heavy atom. The summed E-state index contributed by atoms with van der Waals surface area (Å²) in [5.41, 5.74) is 2.15. The molecule has 4 nitrogen and oxygen atoms in total. The molecule has 0 aromatic heterocycles. The van der Waals surface area contributed by atoms with E-state index in [1.54, 1.807) is 0 Å². The van der Waals surface area contributed by atoms with Gasteiger partial charge in [-0.3, -0.25) is 0 Å². The smallest absolute Gasteiger partial charge is 0.394 e. The van der Waals surface area contributed by atoms with Gasteiger partial charge in [-0.1, -0.05) is 31.2 Å². The van der Waals surface area contributed by atoms with Crippen LogP contribution in [0.5, 0.6) is 0 Å². The highest BCUT2D eigenvalue weighted by Crippen LogP contribution is 2.27. The van der Waals surface area contributed by atoms with E-state index in [9.17, 15) is 5.11 Å². The standard InChI is InChI=1S/C16H30O4Si/c1-13(2)15(4)8-6-7-9-21(20-16(5)10-17)18-11-14(3)12-19-21/h14,16-17H,1,4,6-12H2,2-3,5H3. The average Bonchev–Trinajstić information content (AvgIpc) is 2.46. The summed E-state index contributed by atoms with van der Waals surface area (Å²) in [6.07, 6.45) is 2.71. The van der Waals surface area contributed by atoms with E-state index in [0.29, 0.717) is 19.1 Å². The van der Waals surface area contributed by atoms with Crippen molar-refractivity contribution >= 4 is 8.80 Å². The number of aliphatic hydroxyl groups excluding tert-OH is 1. The Bertz CT molecular complexity index is 348. The summed E-state index contributed by atoms with van der Waals surface area (Å²) in [7, 11) is -2.62. The summed E-state index contributed by atoms with van der Waals surface area (Å²) >= 11 is 0. The predicted molar refractivity (Wildman–Crippen MR) is 87.1 cm³/mol. The van der Waals surface area contributed by atoms with Crippen molar-refractivity contribution in [1.82, 2.24) is 0 Å². The summed E-state index contributed by atoms with van der Waals surface area (Å²) in [5, 5.41) is 9.20. The van der Waals surface area contributed by atoms with Crippen LogP contribution < -0.4 is 0 Å². The molecular weight excluding hydrogens is 284 g/mol. The van der Waals surface area contributed by atoms with E-state index in [1.807, 2.05) is 13.8 Å². The normalized spacial score (nSPS) is 27.3. The molecule has 1 rings (SSSR count). The van der Waals surface area contributed by atoms with Crippen LogP contribution in [0.1, 0.15) is 40.0 Å². The first-order valence-electron chi connectivity index (χ1n) is 7.79. The van der Waals surface area contributed by atoms with Gasteiger partial charge in [-0.15, -0.1) is 0 Å². The molecule has 1 aliphatic rings. The quantitative estimate of drug-likeness (QED) is 0.403. The lowest BCUT2D eigenvalue weighted by molar-refractivity contribution is -0.0319. The zero-order valence-corrected chi connectivity index (χ0v) is 14.7. The van der Waals surface area contributed by atoms with Crippen LogP contribution in [-0.4, -0.2) is 39.8 Å². The van der Waals surface area contributed by atoms with Crippen LogP contribution in [0, 0.1) is 5.92 Å². The van der Waals surface area contributed by atoms with E-state index in [4.69, 9.17) is 13.3 Å². The lowest BCUT2D eigenvalue weighted by Crippen LogP contribution is -2.53. The Balaban J connectivity index is 2.46. The summed E-state index contributed by atoms with van der Waals surface area (Å²) in [6.45, 7) is 15.2. The van der Waals surface area contributed by atoms with Gasteiger partial charge in [0.05, 0.1) is 12.7 Å². The van der Waals surface area contributed by atoms with Crippen molar-refractivity contribution in [2.75, 3.05) is 19.8 Å². The van der Waals surface area contributed by atoms with Crippen LogP contribution in [0.15, 0.2) is 24.3 Å². The van der Waals surface area contributed by atoms with Crippen LogP contribution in [0.25, 0.3) is 0 Å². The highest BCUT2D eigenvalue weighted by atomic mass is 28.4. The van der Waals surface area contributed by atoms with Crippen molar-refractivity contribution in [3.8, 4) is 0 Å². The van der Waals surface area contributed by atoms with Gasteiger partial charge < -0.3 is 18.4 Å². The monoisotopic (exact) mass is 314 g/mol. The molecule has 0 spiro atoms. The molecule has 0 bridgehead atoms. The van der Waals surface area contributed by atoms with Crippen molar-refractivity contribution in [3.05, 3.63) is 24.3 Å². The van der Waals surface area contributed by atoms with Gasteiger partial charge in [0.2, 0.25) is 0 Å². The van der Waals surface area contributed by atoms with Gasteiger partial charge >= 0.3 is 8.80 Å². The lowest BCUT2D eigenvalue weighted by Gasteiger charge is -2.37. The first-order valence-corrected chi connectivity index (χ1v) is 9.72. The van der Waals surface area contributed by atoms with Crippen LogP contribution in [0.2, 0.25) is 6.04 Å². The minimum atomic E-state index is -2.62. The van der Waals surface area contributed by atoms with Crippen LogP contribution in [0.4, 0.5) is 0 Å². The highest BCUT2D eigenvalue weighted by Gasteiger charge is 2.45. The fraction of sp³-hybridized carbons (Fsp3) is 0.750. The van der Waals surface area contributed by atoms with Crippen LogP contribution in [0.3, 0.4) is 0 Å². The van der Waals surface area contributed by atoms with Gasteiger partial charge in [-0.2, -0.15) is 0 Å². The third kappa shape index (κ3) is 6.44. The van der Waals surface area contributed by atoms with Gasteiger partial charge in [-0.25, -0.2) is 0 Å². The van der Waals surface area contributed by atoms with Crippen LogP contribution >= 0.6 is 0 Å². The van der Waals surface area contributed by atoms with Crippen molar-refractivity contribution in [2.24, 2.45) is 5.92 Å². The SMILES string of the molecule is C=C(C)C(=C)CCCC[Si]1(OC(C)CO)OCC(C)CO1. The Kier molecular flexibility index (Phi) is 7.84. The molecular formula is C16H30O4Si. The van der Waals surface area contributed by atoms with Gasteiger partial charge in [-0.05, 0) is 33.1 Å². The molecule has 0 saturated carbocycles. The molecule has 5 heteroatoms. The second-order valence-corrected chi connectivity index (χ2v) is 8.79. The second-order valence-electron chi connectivity index (χ2n) is 6.11. The Morgan fingerprint density at radius 3 is 2.48 bits per heavy atom. The van der Waals surface area contributed by atoms with Crippen molar-refractivity contribution < 1.29 is 18.4 Å². The zero-order chi connectivity index (χ0) is 15.9. The van der Waals surface area contributed by atoms with E-state index >= 15 is 0 Å². The summed E-state index contributed by atoms with van der Waals surface area (Å²) < 4.78 is 17.8. The predicted octanol–water partition coefficient (Wildman–Crippen LogP) is 3.31. The number of hydrogen-bond acceptors (Lipinski definition) is 4. The van der Waals surface area contributed by atoms with E-state index in [1.165, 1.54) is 0 Å². The Hall–Kier alpha value is -0.463. The summed E-state index contributed by atoms with van der Waals surface area (Å²) in [4.78, 5) is 0. The minimum Gasteiger partial charge on any atom is -0.394 e. The molecule has 1 N–H and O–H groups in total. The molecule has 1 heterocycles. The maximum absolute atomic E-state index is 9.20. The van der Waals surface area contributed by atoms with Crippen molar-refractivity contribution in [2.45, 2.75) is 52.2 Å². The Morgan fingerprint density at radius 1 is 1.33 bits per heavy atom. The molecule has 1 unspecified atom stereocenters. The zero-order valence-electron chi connectivity index (χ0n) is 13.7. The van der Waals surface area contributed by atoms with E-state index < -0.39 is 8.80 Å². The van der Waals surface area contributed by atoms with E-state index in [0.717, 1.165) is 36.5 Å². The van der Waals surface area contributed by atoms with Gasteiger partial charge in [0.15, 0.2) is 0 Å². The first-order chi connectivity index (χ1) is 9.88. The van der Waals surface area contributed by atoms with E-state index in [-0.39, 0.29) is 12.7 Å². The maximum Gasteiger partial charge on any atom is 0.501 e. The molecule has 1 aliphatic heterocycles. The molecule has 0 amide bonds. The van der Waals surface area contributed by atoms with Gasteiger partial charge in [0, 0.05) is 25.2 Å². The molecule has 1 saturated heterocycles. The molecule has 0 aliphatic carbocycles. The molecule has 0 aromatic carbocycles. The number of unbranched alkanes of at least 4 members (excludes halogenated alkanes) is 1. The van der Waals surface area contributed by atoms with Gasteiger partial charge in [0.25, 0.3) is 0 Å². The van der Waals surface area contributed by atoms with E-state index in [2.05, 4.69) is 20.1 Å². The molecule has 122 valence electrons. The lowest BCUT2D eigenvalue weighted by atomic mass is 10.1. The fourth-order valence-electron chi connectivity index (χ4n) is 2.14. The number of aliphatic hydroxyl groups is 1. The second kappa shape index (κ2) is 8.85.